The number of nitrogens with zero attached hydrogens (tertiary/aromatic N) is 3. The third-order valence-corrected chi connectivity index (χ3v) is 3.19. The van der Waals surface area contributed by atoms with Crippen LogP contribution >= 0.6 is 15.9 Å². The molecule has 2 aromatic heterocycles. The molecule has 0 atom stereocenters. The summed E-state index contributed by atoms with van der Waals surface area (Å²) in [7, 11) is 0. The molecule has 0 aromatic carbocycles. The van der Waals surface area contributed by atoms with E-state index in [0.29, 0.717) is 10.2 Å². The van der Waals surface area contributed by atoms with Crippen molar-refractivity contribution >= 4 is 27.3 Å². The summed E-state index contributed by atoms with van der Waals surface area (Å²) in [5.74, 6) is 0. The summed E-state index contributed by atoms with van der Waals surface area (Å²) in [6.45, 7) is 2.91. The number of anilines is 1. The van der Waals surface area contributed by atoms with Gasteiger partial charge in [0, 0.05) is 35.2 Å². The predicted octanol–water partition coefficient (Wildman–Crippen LogP) is 2.39. The lowest BCUT2D eigenvalue weighted by molar-refractivity contribution is -0.386. The van der Waals surface area contributed by atoms with Crippen LogP contribution in [0.3, 0.4) is 0 Å². The molecule has 8 heteroatoms. The van der Waals surface area contributed by atoms with E-state index in [0.717, 1.165) is 12.2 Å². The number of aromatic nitrogens is 2. The Balaban J connectivity index is 2.38. The molecule has 0 fully saturated rings. The first-order valence-electron chi connectivity index (χ1n) is 6.24. The van der Waals surface area contributed by atoms with E-state index in [1.807, 2.05) is 19.1 Å². The highest BCUT2D eigenvalue weighted by molar-refractivity contribution is 9.10. The van der Waals surface area contributed by atoms with E-state index in [1.54, 1.807) is 6.20 Å². The van der Waals surface area contributed by atoms with Gasteiger partial charge in [-0.15, -0.1) is 0 Å². The largest absolute Gasteiger partial charge is 0.385 e. The molecular formula is C13H13BrN4O3. The summed E-state index contributed by atoms with van der Waals surface area (Å²) < 4.78 is 1.73. The van der Waals surface area contributed by atoms with E-state index in [-0.39, 0.29) is 6.54 Å². The van der Waals surface area contributed by atoms with Crippen molar-refractivity contribution in [1.29, 1.82) is 0 Å². The summed E-state index contributed by atoms with van der Waals surface area (Å²) in [4.78, 5) is 26.4. The maximum Gasteiger partial charge on any atom is 0.335 e. The minimum absolute atomic E-state index is 0.165. The molecule has 21 heavy (non-hydrogen) atoms. The number of rotatable bonds is 5. The van der Waals surface area contributed by atoms with Crippen LogP contribution in [0.5, 0.6) is 0 Å². The van der Waals surface area contributed by atoms with Crippen LogP contribution in [0, 0.1) is 10.1 Å². The summed E-state index contributed by atoms with van der Waals surface area (Å²) in [5.41, 5.74) is 0.411. The van der Waals surface area contributed by atoms with Crippen LogP contribution in [-0.4, -0.2) is 21.0 Å². The van der Waals surface area contributed by atoms with Crippen LogP contribution in [0.1, 0.15) is 12.6 Å². The lowest BCUT2D eigenvalue weighted by atomic mass is 10.3. The highest BCUT2D eigenvalue weighted by atomic mass is 79.9. The molecule has 0 saturated carbocycles. The van der Waals surface area contributed by atoms with Crippen LogP contribution in [0.15, 0.2) is 39.9 Å². The average molecular weight is 353 g/mol. The number of halogens is 1. The van der Waals surface area contributed by atoms with Gasteiger partial charge in [-0.2, -0.15) is 0 Å². The van der Waals surface area contributed by atoms with E-state index >= 15 is 0 Å². The maximum atomic E-state index is 12.0. The molecule has 2 heterocycles. The molecule has 0 saturated heterocycles. The Labute approximate surface area is 128 Å². The van der Waals surface area contributed by atoms with E-state index < -0.39 is 16.2 Å². The van der Waals surface area contributed by atoms with E-state index in [9.17, 15) is 14.9 Å². The van der Waals surface area contributed by atoms with Gasteiger partial charge in [-0.25, -0.2) is 0 Å². The fraction of sp³-hybridized carbons (Fsp3) is 0.231. The van der Waals surface area contributed by atoms with Crippen LogP contribution in [0.25, 0.3) is 0 Å². The van der Waals surface area contributed by atoms with Gasteiger partial charge in [0.25, 0.3) is 0 Å². The Hall–Kier alpha value is -2.22. The zero-order chi connectivity index (χ0) is 15.4. The van der Waals surface area contributed by atoms with Crippen LogP contribution < -0.4 is 10.9 Å². The Bertz CT molecular complexity index is 730. The molecular weight excluding hydrogens is 340 g/mol. The molecule has 1 N–H and O–H groups in total. The van der Waals surface area contributed by atoms with E-state index in [2.05, 4.69) is 26.2 Å². The van der Waals surface area contributed by atoms with Gasteiger partial charge in [0.05, 0.1) is 17.2 Å². The van der Waals surface area contributed by atoms with Crippen molar-refractivity contribution in [2.45, 2.75) is 13.5 Å². The number of nitrogens with one attached hydrogen (secondary N) is 1. The first kappa shape index (κ1) is 15.2. The highest BCUT2D eigenvalue weighted by Crippen LogP contribution is 2.15. The Morgan fingerprint density at radius 3 is 2.90 bits per heavy atom. The molecule has 0 spiro atoms. The van der Waals surface area contributed by atoms with Crippen molar-refractivity contribution in [3.05, 3.63) is 61.2 Å². The zero-order valence-corrected chi connectivity index (χ0v) is 12.8. The molecule has 0 aliphatic rings. The van der Waals surface area contributed by atoms with Crippen molar-refractivity contribution in [3.63, 3.8) is 0 Å². The highest BCUT2D eigenvalue weighted by Gasteiger charge is 2.16. The summed E-state index contributed by atoms with van der Waals surface area (Å²) in [6.07, 6.45) is 3.14. The predicted molar refractivity (Wildman–Crippen MR) is 82.6 cm³/mol. The number of pyridine rings is 2. The van der Waals surface area contributed by atoms with Gasteiger partial charge in [-0.05, 0) is 35.0 Å². The van der Waals surface area contributed by atoms with Crippen LogP contribution in [-0.2, 0) is 6.54 Å². The van der Waals surface area contributed by atoms with E-state index in [4.69, 9.17) is 0 Å². The third-order valence-electron chi connectivity index (χ3n) is 2.76. The van der Waals surface area contributed by atoms with Gasteiger partial charge in [-0.3, -0.25) is 19.9 Å². The average Bonchev–Trinajstić information content (AvgIpc) is 2.43. The van der Waals surface area contributed by atoms with Crippen molar-refractivity contribution in [1.82, 2.24) is 9.55 Å². The number of hydrogen-bond donors (Lipinski definition) is 1. The summed E-state index contributed by atoms with van der Waals surface area (Å²) >= 11 is 3.17. The Kier molecular flexibility index (Phi) is 4.69. The molecule has 0 aliphatic heterocycles. The SMILES string of the molecule is CCNc1ccnc(Cn2cc(Br)cc([N+](=O)[O-])c2=O)c1. The standard InChI is InChI=1S/C13H13BrN4O3/c1-2-15-10-3-4-16-11(6-10)8-17-7-9(14)5-12(13(17)19)18(20)21/h3-7H,2,8H2,1H3,(H,15,16). The lowest BCUT2D eigenvalue weighted by Gasteiger charge is -2.08. The van der Waals surface area contributed by atoms with Crippen LogP contribution in [0.2, 0.25) is 0 Å². The van der Waals surface area contributed by atoms with Crippen molar-refractivity contribution < 1.29 is 4.92 Å². The van der Waals surface area contributed by atoms with Gasteiger partial charge >= 0.3 is 11.2 Å². The molecule has 110 valence electrons. The van der Waals surface area contributed by atoms with Crippen LogP contribution in [0.4, 0.5) is 11.4 Å². The molecule has 0 aliphatic carbocycles. The fourth-order valence-electron chi connectivity index (χ4n) is 1.89. The zero-order valence-electron chi connectivity index (χ0n) is 11.2. The van der Waals surface area contributed by atoms with Crippen molar-refractivity contribution in [2.24, 2.45) is 0 Å². The molecule has 0 amide bonds. The van der Waals surface area contributed by atoms with Gasteiger partial charge in [-0.1, -0.05) is 0 Å². The quantitative estimate of drug-likeness (QED) is 0.659. The Morgan fingerprint density at radius 2 is 2.24 bits per heavy atom. The van der Waals surface area contributed by atoms with E-state index in [1.165, 1.54) is 16.8 Å². The van der Waals surface area contributed by atoms with Gasteiger partial charge in [0.15, 0.2) is 0 Å². The second-order valence-electron chi connectivity index (χ2n) is 4.30. The molecule has 0 bridgehead atoms. The Morgan fingerprint density at radius 1 is 1.48 bits per heavy atom. The monoisotopic (exact) mass is 352 g/mol. The van der Waals surface area contributed by atoms with Crippen molar-refractivity contribution in [3.8, 4) is 0 Å². The molecule has 0 unspecified atom stereocenters. The first-order valence-corrected chi connectivity index (χ1v) is 7.03. The van der Waals surface area contributed by atoms with Gasteiger partial charge < -0.3 is 9.88 Å². The van der Waals surface area contributed by atoms with Gasteiger partial charge in [0.2, 0.25) is 0 Å². The second-order valence-corrected chi connectivity index (χ2v) is 5.22. The van der Waals surface area contributed by atoms with Gasteiger partial charge in [0.1, 0.15) is 0 Å². The van der Waals surface area contributed by atoms with Crippen molar-refractivity contribution in [2.75, 3.05) is 11.9 Å². The molecule has 2 rings (SSSR count). The lowest BCUT2D eigenvalue weighted by Crippen LogP contribution is -2.23. The fourth-order valence-corrected chi connectivity index (χ4v) is 2.35. The topological polar surface area (TPSA) is 90.1 Å². The summed E-state index contributed by atoms with van der Waals surface area (Å²) in [6, 6.07) is 4.82. The normalized spacial score (nSPS) is 10.4. The molecule has 0 radical (unpaired) electrons. The number of nitro groups is 1. The smallest absolute Gasteiger partial charge is 0.335 e. The minimum Gasteiger partial charge on any atom is -0.385 e. The first-order chi connectivity index (χ1) is 10.0. The third kappa shape index (κ3) is 3.66. The second kappa shape index (κ2) is 6.49. The maximum absolute atomic E-state index is 12.0. The summed E-state index contributed by atoms with van der Waals surface area (Å²) in [5, 5.41) is 14.0. The minimum atomic E-state index is -0.688. The molecule has 2 aromatic rings. The molecule has 7 nitrogen and oxygen atoms in total. The number of hydrogen-bond acceptors (Lipinski definition) is 5.